The first-order chi connectivity index (χ1) is 27.4. The molecule has 9 aliphatic rings. The van der Waals surface area contributed by atoms with Gasteiger partial charge in [-0.15, -0.1) is 0 Å². The molecule has 0 radical (unpaired) electrons. The Balaban J connectivity index is 1.20. The highest BCUT2D eigenvalue weighted by atomic mass is 16.5. The molecule has 0 aromatic rings. The summed E-state index contributed by atoms with van der Waals surface area (Å²) in [5.74, 6) is -1.25. The van der Waals surface area contributed by atoms with Crippen LogP contribution in [-0.2, 0) is 19.1 Å². The molecule has 1 heterocycles. The summed E-state index contributed by atoms with van der Waals surface area (Å²) in [6, 6.07) is 0. The van der Waals surface area contributed by atoms with Crippen LogP contribution < -0.4 is 5.32 Å². The van der Waals surface area contributed by atoms with Crippen LogP contribution in [0.25, 0.3) is 0 Å². The van der Waals surface area contributed by atoms with E-state index < -0.39 is 69.0 Å². The van der Waals surface area contributed by atoms with E-state index in [0.29, 0.717) is 63.6 Å². The van der Waals surface area contributed by atoms with Crippen molar-refractivity contribution in [2.24, 2.45) is 63.6 Å². The van der Waals surface area contributed by atoms with Gasteiger partial charge in [0.15, 0.2) is 0 Å². The summed E-state index contributed by atoms with van der Waals surface area (Å²) < 4.78 is 11.4. The van der Waals surface area contributed by atoms with E-state index in [1.807, 2.05) is 0 Å². The first-order valence-electron chi connectivity index (χ1n) is 23.2. The van der Waals surface area contributed by atoms with Gasteiger partial charge in [0.25, 0.3) is 0 Å². The zero-order valence-electron chi connectivity index (χ0n) is 34.6. The van der Waals surface area contributed by atoms with Crippen LogP contribution in [0.5, 0.6) is 0 Å². The second-order valence-corrected chi connectivity index (χ2v) is 20.9. The van der Waals surface area contributed by atoms with Gasteiger partial charge in [0, 0.05) is 49.0 Å². The van der Waals surface area contributed by atoms with Crippen LogP contribution in [0.3, 0.4) is 0 Å². The predicted octanol–water partition coefficient (Wildman–Crippen LogP) is 5.18. The number of fused-ring (bicyclic) bond motifs is 8. The van der Waals surface area contributed by atoms with Gasteiger partial charge in [-0.1, -0.05) is 57.9 Å². The van der Waals surface area contributed by atoms with Gasteiger partial charge in [0.1, 0.15) is 18.0 Å². The highest BCUT2D eigenvalue weighted by Gasteiger charge is 2.86. The maximum Gasteiger partial charge on any atom is 0.331 e. The molecule has 10 nitrogen and oxygen atoms in total. The summed E-state index contributed by atoms with van der Waals surface area (Å²) in [6.45, 7) is 3.89. The largest absolute Gasteiger partial charge is 0.450 e. The summed E-state index contributed by atoms with van der Waals surface area (Å²) >= 11 is 0. The number of aliphatic hydroxyl groups is 5. The number of carbonyl (C=O) groups is 2. The van der Waals surface area contributed by atoms with Crippen LogP contribution in [-0.4, -0.2) is 100 Å². The highest BCUT2D eigenvalue weighted by Crippen LogP contribution is 2.81. The third kappa shape index (κ3) is 5.32. The molecule has 0 saturated heterocycles. The number of methoxy groups -OCH3 is 1. The highest BCUT2D eigenvalue weighted by molar-refractivity contribution is 5.87. The van der Waals surface area contributed by atoms with Gasteiger partial charge < -0.3 is 45.1 Å². The van der Waals surface area contributed by atoms with Crippen LogP contribution >= 0.6 is 0 Å². The number of aliphatic hydroxyl groups excluding tert-OH is 2. The zero-order chi connectivity index (χ0) is 40.0. The first-order valence-corrected chi connectivity index (χ1v) is 23.2. The molecule has 14 unspecified atom stereocenters. The second-order valence-electron chi connectivity index (χ2n) is 20.9. The Hall–Kier alpha value is -1.66. The van der Waals surface area contributed by atoms with Crippen LogP contribution in [0, 0.1) is 63.6 Å². The lowest BCUT2D eigenvalue weighted by atomic mass is 9.33. The van der Waals surface area contributed by atoms with Crippen molar-refractivity contribution in [3.8, 4) is 0 Å². The van der Waals surface area contributed by atoms with Crippen LogP contribution in [0.4, 0.5) is 0 Å². The Labute approximate surface area is 339 Å². The summed E-state index contributed by atoms with van der Waals surface area (Å²) in [5.41, 5.74) is -6.77. The molecular weight excluding hydrogens is 723 g/mol. The molecule has 0 spiro atoms. The lowest BCUT2D eigenvalue weighted by molar-refractivity contribution is -0.355. The lowest BCUT2D eigenvalue weighted by Gasteiger charge is -2.73. The molecule has 0 aromatic heterocycles. The average Bonchev–Trinajstić information content (AvgIpc) is 3.92. The van der Waals surface area contributed by atoms with Gasteiger partial charge in [-0.2, -0.15) is 0 Å². The fourth-order valence-corrected chi connectivity index (χ4v) is 17.1. The molecule has 318 valence electrons. The summed E-state index contributed by atoms with van der Waals surface area (Å²) in [5, 5.41) is 69.5. The van der Waals surface area contributed by atoms with Crippen LogP contribution in [0.2, 0.25) is 0 Å². The number of ether oxygens (including phenoxy) is 2. The molecular formula is C47H71NO9. The topological polar surface area (TPSA) is 166 Å². The third-order valence-electron chi connectivity index (χ3n) is 19.4. The van der Waals surface area contributed by atoms with Gasteiger partial charge in [-0.05, 0) is 130 Å². The van der Waals surface area contributed by atoms with Gasteiger partial charge in [0.05, 0.1) is 29.3 Å². The SMILES string of the molecule is COCCCNCC1=CC2CC3(O)C4(O)CC5CC(C(C)C6CCCC6)CCC6C(O)CCC(C=O)(C4CCC3(C3CCCCC3)C2(CO)C2=CC(=O)OC12)C56O. The minimum atomic E-state index is -1.76. The van der Waals surface area contributed by atoms with E-state index >= 15 is 0 Å². The Morgan fingerprint density at radius 1 is 0.947 bits per heavy atom. The molecule has 7 saturated carbocycles. The summed E-state index contributed by atoms with van der Waals surface area (Å²) in [6.07, 6.45) is 17.8. The van der Waals surface area contributed by atoms with Crippen LogP contribution in [0.15, 0.2) is 23.3 Å². The minimum absolute atomic E-state index is 0.0315. The lowest BCUT2D eigenvalue weighted by Crippen LogP contribution is -2.82. The van der Waals surface area contributed by atoms with Crippen LogP contribution in [0.1, 0.15) is 129 Å². The van der Waals surface area contributed by atoms with E-state index in [2.05, 4.69) is 18.3 Å². The molecule has 0 aromatic carbocycles. The van der Waals surface area contributed by atoms with Gasteiger partial charge in [0.2, 0.25) is 0 Å². The van der Waals surface area contributed by atoms with Crippen molar-refractivity contribution in [3.63, 3.8) is 0 Å². The molecule has 10 heteroatoms. The van der Waals surface area contributed by atoms with E-state index in [4.69, 9.17) is 9.47 Å². The third-order valence-corrected chi connectivity index (χ3v) is 19.4. The fourth-order valence-electron chi connectivity index (χ4n) is 17.1. The van der Waals surface area contributed by atoms with Crippen molar-refractivity contribution in [1.29, 1.82) is 0 Å². The van der Waals surface area contributed by atoms with Crippen molar-refractivity contribution in [3.05, 3.63) is 23.3 Å². The number of esters is 1. The summed E-state index contributed by atoms with van der Waals surface area (Å²) in [4.78, 5) is 27.6. The van der Waals surface area contributed by atoms with Crippen molar-refractivity contribution < 1.29 is 44.6 Å². The van der Waals surface area contributed by atoms with Gasteiger partial charge >= 0.3 is 5.97 Å². The molecule has 6 N–H and O–H groups in total. The second kappa shape index (κ2) is 14.8. The molecule has 0 amide bonds. The quantitative estimate of drug-likeness (QED) is 0.0712. The minimum Gasteiger partial charge on any atom is -0.450 e. The Morgan fingerprint density at radius 2 is 1.70 bits per heavy atom. The number of hydrogen-bond acceptors (Lipinski definition) is 10. The smallest absolute Gasteiger partial charge is 0.331 e. The van der Waals surface area contributed by atoms with Gasteiger partial charge in [-0.3, -0.25) is 0 Å². The number of nitrogens with one attached hydrogen (secondary N) is 1. The molecule has 8 aliphatic carbocycles. The van der Waals surface area contributed by atoms with Crippen molar-refractivity contribution in [2.75, 3.05) is 33.4 Å². The van der Waals surface area contributed by atoms with Gasteiger partial charge in [-0.25, -0.2) is 4.79 Å². The zero-order valence-corrected chi connectivity index (χ0v) is 34.6. The Bertz CT molecular complexity index is 1620. The molecule has 0 bridgehead atoms. The number of aldehydes is 1. The normalized spacial score (nSPS) is 48.7. The molecule has 1 aliphatic heterocycles. The number of rotatable bonds is 11. The number of hydrogen-bond donors (Lipinski definition) is 6. The first kappa shape index (κ1) is 40.7. The van der Waals surface area contributed by atoms with Crippen molar-refractivity contribution in [1.82, 2.24) is 5.32 Å². The fraction of sp³-hybridized carbons (Fsp3) is 0.872. The van der Waals surface area contributed by atoms with E-state index in [-0.39, 0.29) is 43.6 Å². The maximum atomic E-state index is 14.4. The monoisotopic (exact) mass is 794 g/mol. The maximum absolute atomic E-state index is 14.4. The summed E-state index contributed by atoms with van der Waals surface area (Å²) in [7, 11) is 1.68. The molecule has 7 fully saturated rings. The number of allylic oxidation sites excluding steroid dienone is 1. The number of carbonyl (C=O) groups excluding carboxylic acids is 2. The molecule has 57 heavy (non-hydrogen) atoms. The standard InChI is InChI=1S/C47H71NO9/c1-29(30-9-6-7-10-30)31-13-14-36-38(51)15-17-42(27-49)39-16-18-44(33-11-4-3-5-12-33)43(28-50)34(25-46(44,54)45(39,53)24-35(21-31)47(36,42)55)22-32(26-48-19-8-20-56-2)41-37(43)23-40(52)57-41/h22-23,27,29-31,33-36,38-39,41,48,50-51,53-55H,3-21,24-26,28H2,1-2H3. The van der Waals surface area contributed by atoms with E-state index in [0.717, 1.165) is 62.4 Å². The average molecular weight is 794 g/mol. The Kier molecular flexibility index (Phi) is 10.5. The van der Waals surface area contributed by atoms with E-state index in [1.54, 1.807) is 13.2 Å². The van der Waals surface area contributed by atoms with Crippen molar-refractivity contribution in [2.45, 2.75) is 158 Å². The van der Waals surface area contributed by atoms with E-state index in [9.17, 15) is 35.1 Å². The molecule has 9 rings (SSSR count). The van der Waals surface area contributed by atoms with E-state index in [1.165, 1.54) is 25.7 Å². The predicted molar refractivity (Wildman–Crippen MR) is 213 cm³/mol. The van der Waals surface area contributed by atoms with Crippen molar-refractivity contribution >= 4 is 12.3 Å². The molecule has 14 atom stereocenters. The Morgan fingerprint density at radius 3 is 2.42 bits per heavy atom.